The van der Waals surface area contributed by atoms with Crippen LogP contribution in [0.2, 0.25) is 0 Å². The molecule has 3 N–H and O–H groups in total. The molecule has 0 aliphatic rings. The molecule has 1 heterocycles. The molecule has 0 saturated carbocycles. The first-order valence-electron chi connectivity index (χ1n) is 11.3. The molecule has 34 heavy (non-hydrogen) atoms. The first-order chi connectivity index (χ1) is 16.5. The number of hydrogen-bond donors (Lipinski definition) is 3. The molecule has 0 unspecified atom stereocenters. The molecule has 0 bridgehead atoms. The molecule has 4 rings (SSSR count). The number of fused-ring (bicyclic) bond motifs is 1. The molecular formula is C27H27N5O2. The van der Waals surface area contributed by atoms with Crippen LogP contribution in [0.5, 0.6) is 0 Å². The predicted octanol–water partition coefficient (Wildman–Crippen LogP) is 4.28. The van der Waals surface area contributed by atoms with Crippen LogP contribution in [-0.4, -0.2) is 26.2 Å². The van der Waals surface area contributed by atoms with E-state index in [0.717, 1.165) is 17.5 Å². The fourth-order valence-electron chi connectivity index (χ4n) is 3.99. The second-order valence-corrected chi connectivity index (χ2v) is 8.20. The second kappa shape index (κ2) is 10.1. The van der Waals surface area contributed by atoms with Crippen molar-refractivity contribution in [1.82, 2.24) is 14.5 Å². The van der Waals surface area contributed by atoms with Crippen LogP contribution in [0.25, 0.3) is 11.0 Å². The van der Waals surface area contributed by atoms with Gasteiger partial charge in [0.1, 0.15) is 5.84 Å². The normalized spacial score (nSPS) is 10.9. The highest BCUT2D eigenvalue weighted by atomic mass is 16.2. The summed E-state index contributed by atoms with van der Waals surface area (Å²) in [6.07, 6.45) is 1.17. The average Bonchev–Trinajstić information content (AvgIpc) is 2.85. The van der Waals surface area contributed by atoms with Crippen molar-refractivity contribution in [2.24, 2.45) is 0 Å². The van der Waals surface area contributed by atoms with Crippen molar-refractivity contribution in [3.8, 4) is 0 Å². The third-order valence-electron chi connectivity index (χ3n) is 5.65. The number of aromatic nitrogens is 2. The van der Waals surface area contributed by atoms with Crippen LogP contribution in [-0.2, 0) is 13.1 Å². The van der Waals surface area contributed by atoms with Gasteiger partial charge in [-0.3, -0.25) is 25.0 Å². The molecule has 0 spiro atoms. The third-order valence-corrected chi connectivity index (χ3v) is 5.65. The zero-order valence-electron chi connectivity index (χ0n) is 19.0. The Bertz CT molecular complexity index is 1400. The summed E-state index contributed by atoms with van der Waals surface area (Å²) in [7, 11) is 0. The Morgan fingerprint density at radius 2 is 1.53 bits per heavy atom. The van der Waals surface area contributed by atoms with E-state index in [1.54, 1.807) is 23.1 Å². The SMILES string of the molecule is CCCC(=N)n1c(=N)c(=O)[nH]c2cc(C(=O)N(Cc3ccccc3)Cc3ccccc3)ccc21. The van der Waals surface area contributed by atoms with E-state index in [-0.39, 0.29) is 17.2 Å². The number of carbonyl (C=O) groups is 1. The minimum atomic E-state index is -0.594. The molecular weight excluding hydrogens is 426 g/mol. The maximum absolute atomic E-state index is 13.6. The van der Waals surface area contributed by atoms with Crippen LogP contribution >= 0.6 is 0 Å². The Kier molecular flexibility index (Phi) is 6.82. The lowest BCUT2D eigenvalue weighted by Gasteiger charge is -2.23. The van der Waals surface area contributed by atoms with Gasteiger partial charge in [0.25, 0.3) is 11.5 Å². The summed E-state index contributed by atoms with van der Waals surface area (Å²) in [4.78, 5) is 30.5. The Balaban J connectivity index is 1.74. The number of H-pyrrole nitrogens is 1. The molecule has 0 aliphatic carbocycles. The number of carbonyl (C=O) groups excluding carboxylic acids is 1. The minimum Gasteiger partial charge on any atom is -0.330 e. The summed E-state index contributed by atoms with van der Waals surface area (Å²) in [5.41, 5.74) is 2.53. The van der Waals surface area contributed by atoms with E-state index in [2.05, 4.69) is 4.98 Å². The molecule has 1 amide bonds. The van der Waals surface area contributed by atoms with Gasteiger partial charge in [0.15, 0.2) is 5.49 Å². The molecule has 0 aliphatic heterocycles. The van der Waals surface area contributed by atoms with Gasteiger partial charge in [0.05, 0.1) is 11.0 Å². The lowest BCUT2D eigenvalue weighted by Crippen LogP contribution is -2.39. The lowest BCUT2D eigenvalue weighted by molar-refractivity contribution is 0.0730. The Labute approximate surface area is 197 Å². The van der Waals surface area contributed by atoms with Crippen molar-refractivity contribution < 1.29 is 4.79 Å². The number of nitrogens with one attached hydrogen (secondary N) is 3. The molecule has 0 radical (unpaired) electrons. The van der Waals surface area contributed by atoms with Crippen LogP contribution in [0.3, 0.4) is 0 Å². The molecule has 0 saturated heterocycles. The lowest BCUT2D eigenvalue weighted by atomic mass is 10.1. The van der Waals surface area contributed by atoms with Crippen molar-refractivity contribution in [2.75, 3.05) is 0 Å². The van der Waals surface area contributed by atoms with Gasteiger partial charge in [-0.25, -0.2) is 0 Å². The average molecular weight is 454 g/mol. The predicted molar refractivity (Wildman–Crippen MR) is 133 cm³/mol. The molecule has 3 aromatic carbocycles. The molecule has 0 atom stereocenters. The van der Waals surface area contributed by atoms with Gasteiger partial charge < -0.3 is 9.88 Å². The summed E-state index contributed by atoms with van der Waals surface area (Å²) in [6.45, 7) is 2.82. The van der Waals surface area contributed by atoms with Gasteiger partial charge in [-0.1, -0.05) is 67.6 Å². The highest BCUT2D eigenvalue weighted by molar-refractivity contribution is 5.99. The molecule has 172 valence electrons. The number of rotatable bonds is 7. The minimum absolute atomic E-state index is 0.166. The highest BCUT2D eigenvalue weighted by Gasteiger charge is 2.19. The standard InChI is InChI=1S/C27H27N5O2/c1-2-9-24(28)32-23-15-14-21(16-22(23)30-26(33)25(32)29)27(34)31(17-19-10-5-3-6-11-19)18-20-12-7-4-8-13-20/h3-8,10-16,28-29H,2,9,17-18H2,1H3,(H,30,33). The monoisotopic (exact) mass is 453 g/mol. The van der Waals surface area contributed by atoms with Gasteiger partial charge in [0, 0.05) is 25.1 Å². The molecule has 1 aromatic heterocycles. The fraction of sp³-hybridized carbons (Fsp3) is 0.185. The summed E-state index contributed by atoms with van der Waals surface area (Å²) >= 11 is 0. The van der Waals surface area contributed by atoms with E-state index in [9.17, 15) is 9.59 Å². The number of aromatic amines is 1. The van der Waals surface area contributed by atoms with Crippen molar-refractivity contribution >= 4 is 22.8 Å². The van der Waals surface area contributed by atoms with Gasteiger partial charge in [-0.2, -0.15) is 0 Å². The Hall–Kier alpha value is -4.26. The van der Waals surface area contributed by atoms with Crippen molar-refractivity contribution in [1.29, 1.82) is 10.8 Å². The number of benzene rings is 3. The van der Waals surface area contributed by atoms with E-state index in [0.29, 0.717) is 36.1 Å². The Morgan fingerprint density at radius 3 is 2.09 bits per heavy atom. The maximum atomic E-state index is 13.6. The number of nitrogens with zero attached hydrogens (tertiary/aromatic N) is 2. The van der Waals surface area contributed by atoms with Crippen molar-refractivity contribution in [3.63, 3.8) is 0 Å². The van der Waals surface area contributed by atoms with Crippen LogP contribution in [0.4, 0.5) is 0 Å². The number of amides is 1. The van der Waals surface area contributed by atoms with Gasteiger partial charge in [0.2, 0.25) is 0 Å². The summed E-state index contributed by atoms with van der Waals surface area (Å²) in [6, 6.07) is 24.7. The maximum Gasteiger partial charge on any atom is 0.291 e. The highest BCUT2D eigenvalue weighted by Crippen LogP contribution is 2.18. The summed E-state index contributed by atoms with van der Waals surface area (Å²) in [5, 5.41) is 16.5. The largest absolute Gasteiger partial charge is 0.330 e. The van der Waals surface area contributed by atoms with E-state index >= 15 is 0 Å². The van der Waals surface area contributed by atoms with Gasteiger partial charge >= 0.3 is 0 Å². The van der Waals surface area contributed by atoms with Crippen LogP contribution in [0.1, 0.15) is 41.3 Å². The molecule has 7 nitrogen and oxygen atoms in total. The summed E-state index contributed by atoms with van der Waals surface area (Å²) < 4.78 is 1.34. The molecule has 7 heteroatoms. The van der Waals surface area contributed by atoms with Crippen molar-refractivity contribution in [3.05, 3.63) is 111 Å². The van der Waals surface area contributed by atoms with Gasteiger partial charge in [-0.15, -0.1) is 0 Å². The Morgan fingerprint density at radius 1 is 0.941 bits per heavy atom. The van der Waals surface area contributed by atoms with Crippen molar-refractivity contribution in [2.45, 2.75) is 32.9 Å². The zero-order valence-corrected chi connectivity index (χ0v) is 19.0. The van der Waals surface area contributed by atoms with Crippen LogP contribution in [0.15, 0.2) is 83.7 Å². The zero-order chi connectivity index (χ0) is 24.1. The first-order valence-corrected chi connectivity index (χ1v) is 11.3. The van der Waals surface area contributed by atoms with Crippen LogP contribution in [0, 0.1) is 10.8 Å². The van der Waals surface area contributed by atoms with E-state index in [4.69, 9.17) is 10.8 Å². The second-order valence-electron chi connectivity index (χ2n) is 8.20. The number of hydrogen-bond acceptors (Lipinski definition) is 4. The molecule has 0 fully saturated rings. The first kappa shape index (κ1) is 22.9. The molecule has 4 aromatic rings. The van der Waals surface area contributed by atoms with E-state index in [1.807, 2.05) is 67.6 Å². The van der Waals surface area contributed by atoms with E-state index < -0.39 is 5.56 Å². The summed E-state index contributed by atoms with van der Waals surface area (Å²) in [5.74, 6) is 0.0121. The quantitative estimate of drug-likeness (QED) is 0.287. The third kappa shape index (κ3) is 4.88. The smallest absolute Gasteiger partial charge is 0.291 e. The van der Waals surface area contributed by atoms with E-state index in [1.165, 1.54) is 4.57 Å². The fourth-order valence-corrected chi connectivity index (χ4v) is 3.99. The van der Waals surface area contributed by atoms with Gasteiger partial charge in [-0.05, 0) is 35.7 Å². The topological polar surface area (TPSA) is 106 Å². The van der Waals surface area contributed by atoms with Crippen LogP contribution < -0.4 is 11.0 Å².